The van der Waals surface area contributed by atoms with Crippen LogP contribution in [0.15, 0.2) is 30.3 Å². The van der Waals surface area contributed by atoms with Crippen LogP contribution >= 0.6 is 12.4 Å². The summed E-state index contributed by atoms with van der Waals surface area (Å²) in [6.07, 6.45) is 1.84. The molecule has 1 atom stereocenters. The van der Waals surface area contributed by atoms with Crippen molar-refractivity contribution >= 4 is 30.0 Å². The highest BCUT2D eigenvalue weighted by molar-refractivity contribution is 5.95. The van der Waals surface area contributed by atoms with E-state index in [1.807, 2.05) is 18.2 Å². The van der Waals surface area contributed by atoms with Gasteiger partial charge in [0.1, 0.15) is 5.54 Å². The highest BCUT2D eigenvalue weighted by Crippen LogP contribution is 2.15. The van der Waals surface area contributed by atoms with Gasteiger partial charge >= 0.3 is 6.03 Å². The number of hydrogen-bond donors (Lipinski definition) is 3. The van der Waals surface area contributed by atoms with Crippen LogP contribution in [0.5, 0.6) is 0 Å². The van der Waals surface area contributed by atoms with E-state index in [9.17, 15) is 9.59 Å². The van der Waals surface area contributed by atoms with Crippen molar-refractivity contribution in [3.8, 4) is 0 Å². The molecule has 0 radical (unpaired) electrons. The van der Waals surface area contributed by atoms with Gasteiger partial charge in [0.15, 0.2) is 0 Å². The van der Waals surface area contributed by atoms with Crippen LogP contribution < -0.4 is 16.4 Å². The molecule has 1 aliphatic heterocycles. The van der Waals surface area contributed by atoms with Gasteiger partial charge in [0, 0.05) is 24.8 Å². The number of halogens is 1. The predicted octanol–water partition coefficient (Wildman–Crippen LogP) is 1.96. The van der Waals surface area contributed by atoms with E-state index in [2.05, 4.69) is 10.6 Å². The topological polar surface area (TPSA) is 87.5 Å². The molecule has 128 valence electrons. The Kier molecular flexibility index (Phi) is 6.84. The molecule has 7 heteroatoms. The quantitative estimate of drug-likeness (QED) is 0.786. The maximum atomic E-state index is 12.6. The van der Waals surface area contributed by atoms with Crippen LogP contribution in [0.25, 0.3) is 0 Å². The van der Waals surface area contributed by atoms with Crippen LogP contribution in [0, 0.1) is 0 Å². The molecule has 1 fully saturated rings. The highest BCUT2D eigenvalue weighted by atomic mass is 35.5. The van der Waals surface area contributed by atoms with Gasteiger partial charge in [0.2, 0.25) is 5.91 Å². The second-order valence-corrected chi connectivity index (χ2v) is 6.22. The summed E-state index contributed by atoms with van der Waals surface area (Å²) >= 11 is 0. The molecule has 0 aliphatic carbocycles. The molecule has 1 saturated heterocycles. The first kappa shape index (κ1) is 19.3. The lowest BCUT2D eigenvalue weighted by molar-refractivity contribution is -0.137. The number of benzene rings is 1. The van der Waals surface area contributed by atoms with E-state index in [1.165, 1.54) is 0 Å². The van der Waals surface area contributed by atoms with Gasteiger partial charge in [0.25, 0.3) is 0 Å². The molecular weight excluding hydrogens is 316 g/mol. The lowest BCUT2D eigenvalue weighted by atomic mass is 10.00. The lowest BCUT2D eigenvalue weighted by Gasteiger charge is -2.36. The normalized spacial score (nSPS) is 17.9. The summed E-state index contributed by atoms with van der Waals surface area (Å²) in [5.41, 5.74) is 5.62. The fraction of sp³-hybridized carbons (Fsp3) is 0.500. The van der Waals surface area contributed by atoms with E-state index >= 15 is 0 Å². The lowest BCUT2D eigenvalue weighted by Crippen LogP contribution is -2.59. The number of hydrogen-bond acceptors (Lipinski definition) is 3. The minimum atomic E-state index is -0.976. The largest absolute Gasteiger partial charge is 0.339 e. The SMILES string of the molecule is CC(C)(NC(=O)Nc1ccccc1)C(=O)N1CCCC(N)C1.Cl. The van der Waals surface area contributed by atoms with E-state index < -0.39 is 11.6 Å². The minimum absolute atomic E-state index is 0. The maximum absolute atomic E-state index is 12.6. The highest BCUT2D eigenvalue weighted by Gasteiger charge is 2.35. The number of nitrogens with two attached hydrogens (primary N) is 1. The number of rotatable bonds is 3. The smallest absolute Gasteiger partial charge is 0.320 e. The number of para-hydroxylation sites is 1. The predicted molar refractivity (Wildman–Crippen MR) is 93.7 cm³/mol. The van der Waals surface area contributed by atoms with Crippen molar-refractivity contribution in [2.45, 2.75) is 38.3 Å². The minimum Gasteiger partial charge on any atom is -0.339 e. The fourth-order valence-electron chi connectivity index (χ4n) is 2.61. The number of piperidine rings is 1. The molecule has 0 spiro atoms. The van der Waals surface area contributed by atoms with Crippen molar-refractivity contribution < 1.29 is 9.59 Å². The molecule has 1 heterocycles. The molecule has 0 aromatic heterocycles. The van der Waals surface area contributed by atoms with E-state index in [0.29, 0.717) is 18.8 Å². The van der Waals surface area contributed by atoms with Crippen molar-refractivity contribution in [1.29, 1.82) is 0 Å². The van der Waals surface area contributed by atoms with Gasteiger partial charge in [0.05, 0.1) is 0 Å². The van der Waals surface area contributed by atoms with Gasteiger partial charge in [-0.3, -0.25) is 4.79 Å². The van der Waals surface area contributed by atoms with Gasteiger partial charge in [-0.05, 0) is 38.8 Å². The number of carbonyl (C=O) groups is 2. The van der Waals surface area contributed by atoms with Crippen LogP contribution in [-0.2, 0) is 4.79 Å². The van der Waals surface area contributed by atoms with E-state index in [4.69, 9.17) is 5.73 Å². The van der Waals surface area contributed by atoms with Gasteiger partial charge < -0.3 is 21.3 Å². The standard InChI is InChI=1S/C16H24N4O2.ClH/c1-16(2,14(21)20-10-6-7-12(17)11-20)19-15(22)18-13-8-4-3-5-9-13;/h3-5,8-9,12H,6-7,10-11,17H2,1-2H3,(H2,18,19,22);1H. The Hall–Kier alpha value is -1.79. The van der Waals surface area contributed by atoms with Crippen molar-refractivity contribution in [2.75, 3.05) is 18.4 Å². The molecule has 0 bridgehead atoms. The zero-order valence-corrected chi connectivity index (χ0v) is 14.4. The summed E-state index contributed by atoms with van der Waals surface area (Å²) in [4.78, 5) is 26.4. The number of nitrogens with zero attached hydrogens (tertiary/aromatic N) is 1. The van der Waals surface area contributed by atoms with E-state index in [-0.39, 0.29) is 24.4 Å². The van der Waals surface area contributed by atoms with Crippen molar-refractivity contribution in [1.82, 2.24) is 10.2 Å². The second kappa shape index (κ2) is 8.17. The van der Waals surface area contributed by atoms with Gasteiger partial charge in [-0.1, -0.05) is 18.2 Å². The average molecular weight is 341 g/mol. The summed E-state index contributed by atoms with van der Waals surface area (Å²) < 4.78 is 0. The van der Waals surface area contributed by atoms with Gasteiger partial charge in [-0.25, -0.2) is 4.79 Å². The van der Waals surface area contributed by atoms with Crippen molar-refractivity contribution in [2.24, 2.45) is 5.73 Å². The molecule has 4 N–H and O–H groups in total. The molecule has 1 aromatic carbocycles. The number of likely N-dealkylation sites (tertiary alicyclic amines) is 1. The van der Waals surface area contributed by atoms with Crippen LogP contribution in [0.1, 0.15) is 26.7 Å². The summed E-state index contributed by atoms with van der Waals surface area (Å²) in [6.45, 7) is 4.66. The Labute approximate surface area is 143 Å². The summed E-state index contributed by atoms with van der Waals surface area (Å²) in [7, 11) is 0. The average Bonchev–Trinajstić information content (AvgIpc) is 2.46. The Morgan fingerprint density at radius 3 is 2.52 bits per heavy atom. The van der Waals surface area contributed by atoms with Gasteiger partial charge in [-0.2, -0.15) is 0 Å². The third kappa shape index (κ3) is 5.41. The maximum Gasteiger partial charge on any atom is 0.320 e. The van der Waals surface area contributed by atoms with E-state index in [0.717, 1.165) is 12.8 Å². The van der Waals surface area contributed by atoms with E-state index in [1.54, 1.807) is 30.9 Å². The molecule has 1 unspecified atom stereocenters. The number of carbonyl (C=O) groups excluding carboxylic acids is 2. The van der Waals surface area contributed by atoms with Gasteiger partial charge in [-0.15, -0.1) is 12.4 Å². The molecular formula is C16H25ClN4O2. The third-order valence-electron chi connectivity index (χ3n) is 3.74. The number of urea groups is 1. The third-order valence-corrected chi connectivity index (χ3v) is 3.74. The number of nitrogens with one attached hydrogen (secondary N) is 2. The number of anilines is 1. The first-order chi connectivity index (χ1) is 10.4. The van der Waals surface area contributed by atoms with Crippen molar-refractivity contribution in [3.63, 3.8) is 0 Å². The van der Waals surface area contributed by atoms with Crippen LogP contribution in [0.3, 0.4) is 0 Å². The zero-order valence-electron chi connectivity index (χ0n) is 13.5. The Balaban J connectivity index is 0.00000264. The molecule has 1 aromatic rings. The molecule has 1 aliphatic rings. The van der Waals surface area contributed by atoms with Crippen LogP contribution in [0.2, 0.25) is 0 Å². The second-order valence-electron chi connectivity index (χ2n) is 6.22. The molecule has 3 amide bonds. The zero-order chi connectivity index (χ0) is 16.2. The first-order valence-corrected chi connectivity index (χ1v) is 7.57. The monoisotopic (exact) mass is 340 g/mol. The molecule has 2 rings (SSSR count). The molecule has 23 heavy (non-hydrogen) atoms. The van der Waals surface area contributed by atoms with Crippen molar-refractivity contribution in [3.05, 3.63) is 30.3 Å². The molecule has 6 nitrogen and oxygen atoms in total. The fourth-order valence-corrected chi connectivity index (χ4v) is 2.61. The summed E-state index contributed by atoms with van der Waals surface area (Å²) in [5, 5.41) is 5.45. The van der Waals surface area contributed by atoms with Crippen LogP contribution in [-0.4, -0.2) is 41.5 Å². The Morgan fingerprint density at radius 1 is 1.26 bits per heavy atom. The number of amides is 3. The van der Waals surface area contributed by atoms with Crippen LogP contribution in [0.4, 0.5) is 10.5 Å². The molecule has 0 saturated carbocycles. The summed E-state index contributed by atoms with van der Waals surface area (Å²) in [6, 6.07) is 8.74. The summed E-state index contributed by atoms with van der Waals surface area (Å²) in [5.74, 6) is -0.106. The Bertz CT molecular complexity index is 536. The Morgan fingerprint density at radius 2 is 1.91 bits per heavy atom. The first-order valence-electron chi connectivity index (χ1n) is 7.57.